The van der Waals surface area contributed by atoms with Gasteiger partial charge in [0.05, 0.1) is 41.2 Å². The van der Waals surface area contributed by atoms with Crippen LogP contribution in [-0.2, 0) is 10.0 Å². The molecule has 6 rings (SSSR count). The highest BCUT2D eigenvalue weighted by Gasteiger charge is 2.45. The first-order valence-electron chi connectivity index (χ1n) is 16.0. The summed E-state index contributed by atoms with van der Waals surface area (Å²) in [7, 11) is -4.18. The van der Waals surface area contributed by atoms with Crippen LogP contribution in [-0.4, -0.2) is 57.4 Å². The van der Waals surface area contributed by atoms with Crippen LogP contribution in [0, 0.1) is 19.8 Å². The average molecular weight is 657 g/mol. The summed E-state index contributed by atoms with van der Waals surface area (Å²) in [5.74, 6) is 1.02. The molecule has 2 aromatic carbocycles. The van der Waals surface area contributed by atoms with Crippen molar-refractivity contribution >= 4 is 21.9 Å². The Bertz CT molecular complexity index is 1880. The first kappa shape index (κ1) is 32.4. The summed E-state index contributed by atoms with van der Waals surface area (Å²) in [5.41, 5.74) is 3.59. The van der Waals surface area contributed by atoms with Crippen molar-refractivity contribution in [2.24, 2.45) is 5.92 Å². The van der Waals surface area contributed by atoms with E-state index in [0.717, 1.165) is 16.7 Å². The fourth-order valence-electron chi connectivity index (χ4n) is 6.49. The fourth-order valence-corrected chi connectivity index (χ4v) is 7.47. The van der Waals surface area contributed by atoms with Gasteiger partial charge in [-0.25, -0.2) is 28.1 Å². The van der Waals surface area contributed by atoms with Crippen LogP contribution in [0.1, 0.15) is 80.3 Å². The Morgan fingerprint density at radius 1 is 0.979 bits per heavy atom. The molecule has 0 saturated carbocycles. The number of ether oxygens (including phenoxy) is 2. The van der Waals surface area contributed by atoms with Gasteiger partial charge < -0.3 is 14.4 Å². The third kappa shape index (κ3) is 6.78. The van der Waals surface area contributed by atoms with Gasteiger partial charge in [-0.2, -0.15) is 4.98 Å². The van der Waals surface area contributed by atoms with Crippen molar-refractivity contribution in [3.05, 3.63) is 83.4 Å². The summed E-state index contributed by atoms with van der Waals surface area (Å²) in [4.78, 5) is 34.6. The van der Waals surface area contributed by atoms with Crippen LogP contribution >= 0.6 is 0 Å². The fraction of sp³-hybridized carbons (Fsp3) is 0.400. The van der Waals surface area contributed by atoms with Gasteiger partial charge >= 0.3 is 0 Å². The summed E-state index contributed by atoms with van der Waals surface area (Å²) in [6.45, 7) is 12.0. The molecular formula is C35H40N6O5S. The quantitative estimate of drug-likeness (QED) is 0.254. The molecule has 0 radical (unpaired) electrons. The Kier molecular flexibility index (Phi) is 8.88. The number of hydrogen-bond donors (Lipinski definition) is 1. The van der Waals surface area contributed by atoms with Crippen LogP contribution in [0.5, 0.6) is 11.6 Å². The molecule has 3 atom stereocenters. The Morgan fingerprint density at radius 2 is 1.68 bits per heavy atom. The van der Waals surface area contributed by atoms with Crippen molar-refractivity contribution in [1.82, 2.24) is 24.8 Å². The van der Waals surface area contributed by atoms with Gasteiger partial charge in [0, 0.05) is 17.2 Å². The molecule has 1 fully saturated rings. The van der Waals surface area contributed by atoms with Crippen LogP contribution in [0.4, 0.5) is 5.95 Å². The van der Waals surface area contributed by atoms with Crippen LogP contribution in [0.15, 0.2) is 65.8 Å². The van der Waals surface area contributed by atoms with E-state index in [4.69, 9.17) is 9.47 Å². The smallest absolute Gasteiger partial charge is 0.264 e. The van der Waals surface area contributed by atoms with E-state index < -0.39 is 22.2 Å². The summed E-state index contributed by atoms with van der Waals surface area (Å²) in [6.07, 6.45) is 4.58. The molecule has 1 saturated heterocycles. The van der Waals surface area contributed by atoms with E-state index in [-0.39, 0.29) is 46.3 Å². The molecule has 0 spiro atoms. The van der Waals surface area contributed by atoms with Gasteiger partial charge in [0.25, 0.3) is 15.9 Å². The lowest BCUT2D eigenvalue weighted by Gasteiger charge is -2.35. The predicted molar refractivity (Wildman–Crippen MR) is 178 cm³/mol. The zero-order chi connectivity index (χ0) is 33.5. The van der Waals surface area contributed by atoms with Gasteiger partial charge in [0.2, 0.25) is 11.8 Å². The molecule has 4 bridgehead atoms. The zero-order valence-corrected chi connectivity index (χ0v) is 28.3. The largest absolute Gasteiger partial charge is 0.488 e. The summed E-state index contributed by atoms with van der Waals surface area (Å²) < 4.78 is 42.4. The Hall–Kier alpha value is -4.58. The van der Waals surface area contributed by atoms with Crippen molar-refractivity contribution in [3.63, 3.8) is 0 Å². The molecule has 47 heavy (non-hydrogen) atoms. The number of rotatable bonds is 6. The number of sulfonamides is 1. The highest BCUT2D eigenvalue weighted by Crippen LogP contribution is 2.40. The third-order valence-electron chi connectivity index (χ3n) is 8.44. The summed E-state index contributed by atoms with van der Waals surface area (Å²) in [5, 5.41) is 0. The van der Waals surface area contributed by atoms with Crippen LogP contribution in [0.25, 0.3) is 11.3 Å². The van der Waals surface area contributed by atoms with Gasteiger partial charge in [-0.3, -0.25) is 4.79 Å². The highest BCUT2D eigenvalue weighted by atomic mass is 32.2. The van der Waals surface area contributed by atoms with E-state index in [2.05, 4.69) is 38.5 Å². The molecule has 1 N–H and O–H groups in total. The standard InChI is InChI=1S/C35H40N6O5S/c1-20(2)15-30-28-13-14-29(33-36-18-25(19-37-33)45-21(3)4)41(28)34(42)24-11-8-12-26(16-24)47(43,44)40-35-38-27(17-31(39-35)46-30)32-22(5)9-7-10-23(32)6/h7-12,16-21,28-30H,13-15H2,1-6H3,(H,38,39,40). The second-order valence-corrected chi connectivity index (χ2v) is 14.6. The van der Waals surface area contributed by atoms with Crippen molar-refractivity contribution in [1.29, 1.82) is 0 Å². The van der Waals surface area contributed by atoms with E-state index in [1.165, 1.54) is 12.1 Å². The number of nitrogens with zero attached hydrogens (tertiary/aromatic N) is 5. The molecule has 4 aromatic rings. The molecule has 12 heteroatoms. The molecule has 246 valence electrons. The van der Waals surface area contributed by atoms with E-state index in [0.29, 0.717) is 36.5 Å². The van der Waals surface area contributed by atoms with Gasteiger partial charge in [-0.15, -0.1) is 0 Å². The number of nitrogens with one attached hydrogen (secondary N) is 1. The Morgan fingerprint density at radius 3 is 2.36 bits per heavy atom. The zero-order valence-electron chi connectivity index (χ0n) is 27.5. The van der Waals surface area contributed by atoms with Crippen LogP contribution in [0.3, 0.4) is 0 Å². The lowest BCUT2D eigenvalue weighted by molar-refractivity contribution is 0.0387. The molecule has 2 aliphatic heterocycles. The minimum Gasteiger partial charge on any atom is -0.488 e. The minimum atomic E-state index is -4.18. The number of aromatic nitrogens is 4. The van der Waals surface area contributed by atoms with Gasteiger partial charge in [-0.1, -0.05) is 38.1 Å². The first-order valence-corrected chi connectivity index (χ1v) is 17.4. The molecule has 11 nitrogen and oxygen atoms in total. The first-order chi connectivity index (χ1) is 22.4. The van der Waals surface area contributed by atoms with Crippen LogP contribution < -0.4 is 14.2 Å². The normalized spacial score (nSPS) is 20.5. The Balaban J connectivity index is 1.51. The molecule has 3 unspecified atom stereocenters. The number of amides is 1. The lowest BCUT2D eigenvalue weighted by Crippen LogP contribution is -2.47. The molecule has 1 amide bonds. The topological polar surface area (TPSA) is 136 Å². The number of benzene rings is 2. The minimum absolute atomic E-state index is 0.0365. The number of carbonyl (C=O) groups excluding carboxylic acids is 1. The summed E-state index contributed by atoms with van der Waals surface area (Å²) >= 11 is 0. The monoisotopic (exact) mass is 656 g/mol. The van der Waals surface area contributed by atoms with Gasteiger partial charge in [-0.05, 0) is 82.2 Å². The summed E-state index contributed by atoms with van der Waals surface area (Å²) in [6, 6.07) is 12.9. The van der Waals surface area contributed by atoms with Crippen LogP contribution in [0.2, 0.25) is 0 Å². The third-order valence-corrected chi connectivity index (χ3v) is 9.77. The number of anilines is 1. The van der Waals surface area contributed by atoms with Crippen molar-refractivity contribution in [2.45, 2.75) is 90.0 Å². The average Bonchev–Trinajstić information content (AvgIpc) is 3.45. The molecule has 2 aliphatic rings. The SMILES string of the molecule is Cc1cccc(C)c1-c1cc2nc(n1)NS(=O)(=O)c1cccc(c1)C(=O)N1C(c3ncc(OC(C)C)cn3)CCC1C(CC(C)C)O2. The lowest BCUT2D eigenvalue weighted by atomic mass is 9.97. The van der Waals surface area contributed by atoms with Crippen molar-refractivity contribution < 1.29 is 22.7 Å². The van der Waals surface area contributed by atoms with E-state index in [1.54, 1.807) is 35.5 Å². The molecule has 0 aliphatic carbocycles. The van der Waals surface area contributed by atoms with Gasteiger partial charge in [0.1, 0.15) is 6.10 Å². The van der Waals surface area contributed by atoms with E-state index >= 15 is 0 Å². The van der Waals surface area contributed by atoms with Crippen molar-refractivity contribution in [2.75, 3.05) is 4.72 Å². The highest BCUT2D eigenvalue weighted by molar-refractivity contribution is 7.92. The number of carbonyl (C=O) groups is 1. The van der Waals surface area contributed by atoms with E-state index in [1.807, 2.05) is 45.9 Å². The number of hydrogen-bond acceptors (Lipinski definition) is 9. The van der Waals surface area contributed by atoms with E-state index in [9.17, 15) is 13.2 Å². The molecule has 4 heterocycles. The molecular weight excluding hydrogens is 616 g/mol. The Labute approximate surface area is 275 Å². The van der Waals surface area contributed by atoms with Gasteiger partial charge in [0.15, 0.2) is 11.6 Å². The maximum absolute atomic E-state index is 14.5. The predicted octanol–water partition coefficient (Wildman–Crippen LogP) is 6.29. The second-order valence-electron chi connectivity index (χ2n) is 12.9. The maximum atomic E-state index is 14.5. The molecule has 2 aromatic heterocycles. The maximum Gasteiger partial charge on any atom is 0.264 e. The number of fused-ring (bicyclic) bond motifs is 5. The number of aryl methyl sites for hydroxylation is 2. The second kappa shape index (κ2) is 12.9. The van der Waals surface area contributed by atoms with Crippen molar-refractivity contribution in [3.8, 4) is 22.9 Å².